The molecule has 102 valence electrons. The Balaban J connectivity index is 2.54. The lowest BCUT2D eigenvalue weighted by atomic mass is 10.1. The zero-order valence-electron chi connectivity index (χ0n) is 11.8. The number of aromatic nitrogens is 4. The molecule has 0 aliphatic heterocycles. The minimum atomic E-state index is -0.155. The van der Waals surface area contributed by atoms with Gasteiger partial charge in [-0.1, -0.05) is 11.8 Å². The molecular weight excluding hydrogens is 260 g/mol. The number of nitrogens with one attached hydrogen (secondary N) is 1. The predicted molar refractivity (Wildman–Crippen MR) is 77.6 cm³/mol. The second-order valence-corrected chi connectivity index (χ2v) is 6.19. The number of aromatic amines is 1. The van der Waals surface area contributed by atoms with Gasteiger partial charge in [0, 0.05) is 11.8 Å². The molecule has 0 saturated carbocycles. The summed E-state index contributed by atoms with van der Waals surface area (Å²) in [6, 6.07) is 3.44. The van der Waals surface area contributed by atoms with Crippen molar-refractivity contribution in [2.45, 2.75) is 38.4 Å². The van der Waals surface area contributed by atoms with Crippen molar-refractivity contribution >= 4 is 11.8 Å². The second-order valence-electron chi connectivity index (χ2n) is 5.39. The van der Waals surface area contributed by atoms with E-state index in [-0.39, 0.29) is 11.1 Å². The Morgan fingerprint density at radius 3 is 2.47 bits per heavy atom. The molecule has 2 rings (SSSR count). The fraction of sp³-hybridized carbons (Fsp3) is 0.462. The molecule has 0 saturated heterocycles. The van der Waals surface area contributed by atoms with Gasteiger partial charge in [0.05, 0.1) is 11.2 Å². The SMILES string of the molecule is CSc1nc(-c2cc(C)n(C(C)(C)C)n2)cc(=O)[nH]1. The van der Waals surface area contributed by atoms with Crippen LogP contribution in [0.3, 0.4) is 0 Å². The lowest BCUT2D eigenvalue weighted by molar-refractivity contribution is 0.348. The predicted octanol–water partition coefficient (Wildman–Crippen LogP) is 2.42. The number of aryl methyl sites for hydroxylation is 1. The first kappa shape index (κ1) is 13.9. The lowest BCUT2D eigenvalue weighted by Gasteiger charge is -2.21. The fourth-order valence-electron chi connectivity index (χ4n) is 1.94. The maximum Gasteiger partial charge on any atom is 0.252 e. The minimum Gasteiger partial charge on any atom is -0.301 e. The highest BCUT2D eigenvalue weighted by Crippen LogP contribution is 2.22. The van der Waals surface area contributed by atoms with Crippen LogP contribution in [-0.4, -0.2) is 26.0 Å². The molecule has 0 aliphatic carbocycles. The Hall–Kier alpha value is -1.56. The second kappa shape index (κ2) is 4.85. The first-order valence-electron chi connectivity index (χ1n) is 6.04. The van der Waals surface area contributed by atoms with Gasteiger partial charge in [0.2, 0.25) is 0 Å². The molecule has 2 heterocycles. The molecule has 2 aromatic heterocycles. The van der Waals surface area contributed by atoms with Crippen LogP contribution in [0.15, 0.2) is 22.1 Å². The maximum atomic E-state index is 11.6. The molecule has 0 bridgehead atoms. The summed E-state index contributed by atoms with van der Waals surface area (Å²) in [5, 5.41) is 5.16. The molecule has 2 aromatic rings. The van der Waals surface area contributed by atoms with Gasteiger partial charge in [-0.3, -0.25) is 9.48 Å². The van der Waals surface area contributed by atoms with Gasteiger partial charge in [0.25, 0.3) is 5.56 Å². The Morgan fingerprint density at radius 2 is 1.95 bits per heavy atom. The van der Waals surface area contributed by atoms with Crippen LogP contribution in [0, 0.1) is 6.92 Å². The summed E-state index contributed by atoms with van der Waals surface area (Å²) in [5.41, 5.74) is 2.15. The van der Waals surface area contributed by atoms with Crippen molar-refractivity contribution in [3.8, 4) is 11.4 Å². The van der Waals surface area contributed by atoms with E-state index in [0.29, 0.717) is 10.9 Å². The van der Waals surface area contributed by atoms with Crippen molar-refractivity contribution in [2.24, 2.45) is 0 Å². The smallest absolute Gasteiger partial charge is 0.252 e. The van der Waals surface area contributed by atoms with Crippen molar-refractivity contribution in [1.29, 1.82) is 0 Å². The van der Waals surface area contributed by atoms with Crippen LogP contribution in [0.5, 0.6) is 0 Å². The van der Waals surface area contributed by atoms with Gasteiger partial charge >= 0.3 is 0 Å². The lowest BCUT2D eigenvalue weighted by Crippen LogP contribution is -2.24. The third kappa shape index (κ3) is 2.89. The van der Waals surface area contributed by atoms with E-state index >= 15 is 0 Å². The Morgan fingerprint density at radius 1 is 1.26 bits per heavy atom. The number of hydrogen-bond acceptors (Lipinski definition) is 4. The van der Waals surface area contributed by atoms with E-state index in [1.807, 2.05) is 23.9 Å². The van der Waals surface area contributed by atoms with Crippen LogP contribution in [0.1, 0.15) is 26.5 Å². The number of H-pyrrole nitrogens is 1. The first-order chi connectivity index (χ1) is 8.81. The third-order valence-electron chi connectivity index (χ3n) is 2.70. The van der Waals surface area contributed by atoms with E-state index in [4.69, 9.17) is 0 Å². The van der Waals surface area contributed by atoms with Gasteiger partial charge in [-0.25, -0.2) is 4.98 Å². The third-order valence-corrected chi connectivity index (χ3v) is 3.28. The van der Waals surface area contributed by atoms with E-state index in [0.717, 1.165) is 11.4 Å². The zero-order valence-corrected chi connectivity index (χ0v) is 12.6. The largest absolute Gasteiger partial charge is 0.301 e. The van der Waals surface area contributed by atoms with Gasteiger partial charge in [-0.05, 0) is 40.0 Å². The summed E-state index contributed by atoms with van der Waals surface area (Å²) >= 11 is 1.41. The molecule has 0 spiro atoms. The molecule has 0 fully saturated rings. The Kier molecular flexibility index (Phi) is 3.54. The van der Waals surface area contributed by atoms with Crippen molar-refractivity contribution in [3.05, 3.63) is 28.2 Å². The maximum absolute atomic E-state index is 11.6. The van der Waals surface area contributed by atoms with Gasteiger partial charge in [0.15, 0.2) is 5.16 Å². The van der Waals surface area contributed by atoms with Crippen LogP contribution in [0.25, 0.3) is 11.4 Å². The average Bonchev–Trinajstić information content (AvgIpc) is 2.70. The molecule has 0 atom stereocenters. The molecule has 0 unspecified atom stereocenters. The molecule has 5 nitrogen and oxygen atoms in total. The summed E-state index contributed by atoms with van der Waals surface area (Å²) in [7, 11) is 0. The van der Waals surface area contributed by atoms with Crippen molar-refractivity contribution in [3.63, 3.8) is 0 Å². The topological polar surface area (TPSA) is 63.6 Å². The number of thioether (sulfide) groups is 1. The highest BCUT2D eigenvalue weighted by atomic mass is 32.2. The minimum absolute atomic E-state index is 0.0914. The highest BCUT2D eigenvalue weighted by molar-refractivity contribution is 7.98. The highest BCUT2D eigenvalue weighted by Gasteiger charge is 2.18. The number of nitrogens with zero attached hydrogens (tertiary/aromatic N) is 3. The molecule has 19 heavy (non-hydrogen) atoms. The molecule has 6 heteroatoms. The van der Waals surface area contributed by atoms with E-state index in [1.54, 1.807) is 0 Å². The molecule has 0 radical (unpaired) electrons. The normalized spacial score (nSPS) is 11.8. The van der Waals surface area contributed by atoms with E-state index in [1.165, 1.54) is 17.8 Å². The van der Waals surface area contributed by atoms with E-state index < -0.39 is 0 Å². The van der Waals surface area contributed by atoms with Gasteiger partial charge in [-0.2, -0.15) is 5.10 Å². The van der Waals surface area contributed by atoms with Crippen LogP contribution < -0.4 is 5.56 Å². The number of rotatable bonds is 2. The Bertz CT molecular complexity index is 651. The molecule has 0 aliphatic rings. The Labute approximate surface area is 116 Å². The molecule has 1 N–H and O–H groups in total. The summed E-state index contributed by atoms with van der Waals surface area (Å²) in [4.78, 5) is 18.7. The number of hydrogen-bond donors (Lipinski definition) is 1. The van der Waals surface area contributed by atoms with Crippen LogP contribution in [0.2, 0.25) is 0 Å². The van der Waals surface area contributed by atoms with Gasteiger partial charge in [0.1, 0.15) is 5.69 Å². The molecule has 0 aromatic carbocycles. The van der Waals surface area contributed by atoms with Crippen LogP contribution in [-0.2, 0) is 5.54 Å². The van der Waals surface area contributed by atoms with Crippen molar-refractivity contribution < 1.29 is 0 Å². The quantitative estimate of drug-likeness (QED) is 0.677. The van der Waals surface area contributed by atoms with Gasteiger partial charge in [-0.15, -0.1) is 0 Å². The van der Waals surface area contributed by atoms with E-state index in [2.05, 4.69) is 35.8 Å². The monoisotopic (exact) mass is 278 g/mol. The molecule has 0 amide bonds. The molecular formula is C13H18N4OS. The summed E-state index contributed by atoms with van der Waals surface area (Å²) in [6.45, 7) is 8.28. The zero-order chi connectivity index (χ0) is 14.2. The summed E-state index contributed by atoms with van der Waals surface area (Å²) in [5.74, 6) is 0. The van der Waals surface area contributed by atoms with Crippen molar-refractivity contribution in [1.82, 2.24) is 19.7 Å². The van der Waals surface area contributed by atoms with Gasteiger partial charge < -0.3 is 4.98 Å². The van der Waals surface area contributed by atoms with Crippen molar-refractivity contribution in [2.75, 3.05) is 6.26 Å². The first-order valence-corrected chi connectivity index (χ1v) is 7.26. The summed E-state index contributed by atoms with van der Waals surface area (Å²) in [6.07, 6.45) is 1.88. The van der Waals surface area contributed by atoms with Crippen LogP contribution in [0.4, 0.5) is 0 Å². The van der Waals surface area contributed by atoms with E-state index in [9.17, 15) is 4.79 Å². The van der Waals surface area contributed by atoms with Crippen LogP contribution >= 0.6 is 11.8 Å². The summed E-state index contributed by atoms with van der Waals surface area (Å²) < 4.78 is 1.95. The fourth-order valence-corrected chi connectivity index (χ4v) is 2.33. The standard InChI is InChI=1S/C13H18N4OS/c1-8-6-10(16-17(8)13(2,3)4)9-7-11(18)15-12(14-9)19-5/h6-7H,1-5H3,(H,14,15,18). The average molecular weight is 278 g/mol.